The molecule has 1 aromatic carbocycles. The third kappa shape index (κ3) is 4.74. The van der Waals surface area contributed by atoms with E-state index in [1.807, 2.05) is 29.7 Å². The van der Waals surface area contributed by atoms with Gasteiger partial charge in [0, 0.05) is 32.0 Å². The summed E-state index contributed by atoms with van der Waals surface area (Å²) in [6.45, 7) is 9.23. The van der Waals surface area contributed by atoms with E-state index in [2.05, 4.69) is 24.5 Å². The van der Waals surface area contributed by atoms with Crippen molar-refractivity contribution in [2.75, 3.05) is 32.1 Å². The number of methoxy groups -OCH3 is 1. The average Bonchev–Trinajstić information content (AvgIpc) is 3.42. The summed E-state index contributed by atoms with van der Waals surface area (Å²) in [6, 6.07) is 5.49. The molecule has 0 spiro atoms. The van der Waals surface area contributed by atoms with Crippen LogP contribution >= 0.6 is 0 Å². The van der Waals surface area contributed by atoms with Crippen molar-refractivity contribution in [3.05, 3.63) is 23.9 Å². The van der Waals surface area contributed by atoms with Gasteiger partial charge in [0.05, 0.1) is 31.0 Å². The fourth-order valence-electron chi connectivity index (χ4n) is 5.03. The van der Waals surface area contributed by atoms with Crippen LogP contribution in [0, 0.1) is 5.92 Å². The first kappa shape index (κ1) is 25.0. The Morgan fingerprint density at radius 3 is 2.71 bits per heavy atom. The molecule has 2 aliphatic heterocycles. The quantitative estimate of drug-likeness (QED) is 0.599. The lowest BCUT2D eigenvalue weighted by molar-refractivity contribution is -0.133. The Balaban J connectivity index is 1.82. The van der Waals surface area contributed by atoms with Crippen LogP contribution in [0.2, 0.25) is 0 Å². The Morgan fingerprint density at radius 2 is 2.09 bits per heavy atom. The first-order chi connectivity index (χ1) is 16.7. The van der Waals surface area contributed by atoms with Crippen LogP contribution in [0.5, 0.6) is 5.75 Å². The minimum Gasteiger partial charge on any atom is -0.497 e. The largest absolute Gasteiger partial charge is 0.497 e. The van der Waals surface area contributed by atoms with Crippen molar-refractivity contribution in [1.82, 2.24) is 14.8 Å². The molecule has 190 valence electrons. The third-order valence-electron chi connectivity index (χ3n) is 6.99. The number of fused-ring (bicyclic) bond motifs is 3. The number of hydrogen-bond acceptors (Lipinski definition) is 5. The van der Waals surface area contributed by atoms with Crippen LogP contribution in [-0.4, -0.2) is 65.6 Å². The molecular weight excluding hydrogens is 448 g/mol. The van der Waals surface area contributed by atoms with Crippen molar-refractivity contribution in [1.29, 1.82) is 0 Å². The van der Waals surface area contributed by atoms with E-state index in [1.165, 1.54) is 6.92 Å². The van der Waals surface area contributed by atoms with Crippen LogP contribution in [0.1, 0.15) is 57.4 Å². The zero-order chi connectivity index (χ0) is 25.3. The van der Waals surface area contributed by atoms with E-state index in [4.69, 9.17) is 9.47 Å². The number of carbonyl (C=O) groups is 3. The van der Waals surface area contributed by atoms with E-state index in [9.17, 15) is 14.4 Å². The van der Waals surface area contributed by atoms with Gasteiger partial charge in [-0.05, 0) is 50.3 Å². The molecule has 2 atom stereocenters. The van der Waals surface area contributed by atoms with Crippen LogP contribution in [0.15, 0.2) is 18.2 Å². The van der Waals surface area contributed by atoms with E-state index < -0.39 is 5.54 Å². The smallest absolute Gasteiger partial charge is 0.273 e. The maximum atomic E-state index is 14.1. The molecule has 1 saturated heterocycles. The molecule has 3 heterocycles. The van der Waals surface area contributed by atoms with Crippen molar-refractivity contribution >= 4 is 34.3 Å². The number of anilines is 1. The molecule has 0 radical (unpaired) electrons. The van der Waals surface area contributed by atoms with Crippen LogP contribution in [0.4, 0.5) is 5.69 Å². The number of hydrogen-bond donors (Lipinski definition) is 2. The van der Waals surface area contributed by atoms with E-state index in [1.54, 1.807) is 12.0 Å². The highest BCUT2D eigenvalue weighted by Gasteiger charge is 2.49. The SMILES string of the molecule is COc1ccc2c(c1)c(NC(C)=O)c1n2C[C@@](C)(C(=O)NCCC(C)C)N(C[C@@H]2CCCO2)C1=O. The Kier molecular flexibility index (Phi) is 7.07. The van der Waals surface area contributed by atoms with E-state index >= 15 is 0 Å². The zero-order valence-corrected chi connectivity index (χ0v) is 21.3. The summed E-state index contributed by atoms with van der Waals surface area (Å²) in [7, 11) is 1.57. The minimum atomic E-state index is -1.12. The molecule has 4 rings (SSSR count). The summed E-state index contributed by atoms with van der Waals surface area (Å²) < 4.78 is 13.1. The number of nitrogens with zero attached hydrogens (tertiary/aromatic N) is 2. The molecule has 35 heavy (non-hydrogen) atoms. The first-order valence-corrected chi connectivity index (χ1v) is 12.4. The number of amides is 3. The van der Waals surface area contributed by atoms with E-state index in [-0.39, 0.29) is 30.4 Å². The number of aromatic nitrogens is 1. The van der Waals surface area contributed by atoms with Crippen molar-refractivity contribution in [3.63, 3.8) is 0 Å². The van der Waals surface area contributed by atoms with Gasteiger partial charge < -0.3 is 29.6 Å². The first-order valence-electron chi connectivity index (χ1n) is 12.4. The number of rotatable bonds is 8. The molecule has 0 unspecified atom stereocenters. The maximum Gasteiger partial charge on any atom is 0.273 e. The lowest BCUT2D eigenvalue weighted by Gasteiger charge is -2.45. The van der Waals surface area contributed by atoms with Crippen molar-refractivity contribution < 1.29 is 23.9 Å². The maximum absolute atomic E-state index is 14.1. The fourth-order valence-corrected chi connectivity index (χ4v) is 5.03. The van der Waals surface area contributed by atoms with Gasteiger partial charge in [-0.2, -0.15) is 0 Å². The predicted molar refractivity (Wildman–Crippen MR) is 134 cm³/mol. The average molecular weight is 485 g/mol. The molecule has 2 aromatic rings. The molecule has 9 nitrogen and oxygen atoms in total. The summed E-state index contributed by atoms with van der Waals surface area (Å²) >= 11 is 0. The lowest BCUT2D eigenvalue weighted by Crippen LogP contribution is -2.65. The van der Waals surface area contributed by atoms with Crippen LogP contribution < -0.4 is 15.4 Å². The van der Waals surface area contributed by atoms with Gasteiger partial charge in [0.25, 0.3) is 5.91 Å². The van der Waals surface area contributed by atoms with Gasteiger partial charge in [-0.1, -0.05) is 13.8 Å². The third-order valence-corrected chi connectivity index (χ3v) is 6.99. The molecule has 3 amide bonds. The van der Waals surface area contributed by atoms with Crippen LogP contribution in [-0.2, 0) is 20.9 Å². The molecule has 0 bridgehead atoms. The molecule has 0 saturated carbocycles. The van der Waals surface area contributed by atoms with Crippen LogP contribution in [0.25, 0.3) is 10.9 Å². The summed E-state index contributed by atoms with van der Waals surface area (Å²) in [5.74, 6) is 0.305. The minimum absolute atomic E-state index is 0.123. The Bertz CT molecular complexity index is 1130. The van der Waals surface area contributed by atoms with Gasteiger partial charge in [-0.3, -0.25) is 14.4 Å². The van der Waals surface area contributed by atoms with Gasteiger partial charge in [-0.15, -0.1) is 0 Å². The predicted octanol–water partition coefficient (Wildman–Crippen LogP) is 3.16. The highest BCUT2D eigenvalue weighted by atomic mass is 16.5. The molecule has 1 fully saturated rings. The number of ether oxygens (including phenoxy) is 2. The second-order valence-corrected chi connectivity index (χ2v) is 10.1. The standard InChI is InChI=1S/C26H36N4O5/c1-16(2)10-11-27-25(33)26(4)15-29-21-9-8-18(34-5)13-20(21)22(28-17(3)31)23(29)24(32)30(26)14-19-7-6-12-35-19/h8-9,13,16,19H,6-7,10-12,14-15H2,1-5H3,(H,27,33)(H,28,31)/t19-,26-/m0/s1. The topological polar surface area (TPSA) is 102 Å². The Labute approximate surface area is 206 Å². The summed E-state index contributed by atoms with van der Waals surface area (Å²) in [5, 5.41) is 6.62. The second kappa shape index (κ2) is 9.89. The molecule has 1 aromatic heterocycles. The highest BCUT2D eigenvalue weighted by molar-refractivity contribution is 6.14. The lowest BCUT2D eigenvalue weighted by atomic mass is 9.93. The highest BCUT2D eigenvalue weighted by Crippen LogP contribution is 2.40. The summed E-state index contributed by atoms with van der Waals surface area (Å²) in [4.78, 5) is 41.5. The Hall–Kier alpha value is -3.07. The summed E-state index contributed by atoms with van der Waals surface area (Å²) in [6.07, 6.45) is 2.50. The van der Waals surface area contributed by atoms with Gasteiger partial charge in [0.1, 0.15) is 17.0 Å². The molecule has 2 N–H and O–H groups in total. The van der Waals surface area contributed by atoms with Gasteiger partial charge in [0.2, 0.25) is 11.8 Å². The van der Waals surface area contributed by atoms with Crippen molar-refractivity contribution in [2.24, 2.45) is 5.92 Å². The van der Waals surface area contributed by atoms with Crippen molar-refractivity contribution in [3.8, 4) is 5.75 Å². The molecular formula is C26H36N4O5. The zero-order valence-electron chi connectivity index (χ0n) is 21.3. The van der Waals surface area contributed by atoms with E-state index in [0.29, 0.717) is 48.1 Å². The number of benzene rings is 1. The normalized spacial score (nSPS) is 21.9. The monoisotopic (exact) mass is 484 g/mol. The van der Waals surface area contributed by atoms with Gasteiger partial charge >= 0.3 is 0 Å². The fraction of sp³-hybridized carbons (Fsp3) is 0.577. The molecule has 9 heteroatoms. The Morgan fingerprint density at radius 1 is 1.31 bits per heavy atom. The molecule has 2 aliphatic rings. The molecule has 0 aliphatic carbocycles. The summed E-state index contributed by atoms with van der Waals surface area (Å²) in [5.41, 5.74) is 0.452. The number of carbonyl (C=O) groups excluding carboxylic acids is 3. The van der Waals surface area contributed by atoms with Gasteiger partial charge in [-0.25, -0.2) is 0 Å². The number of nitrogens with one attached hydrogen (secondary N) is 2. The van der Waals surface area contributed by atoms with Crippen molar-refractivity contribution in [2.45, 2.75) is 65.1 Å². The van der Waals surface area contributed by atoms with Crippen LogP contribution in [0.3, 0.4) is 0 Å². The second-order valence-electron chi connectivity index (χ2n) is 10.1. The van der Waals surface area contributed by atoms with Gasteiger partial charge in [0.15, 0.2) is 0 Å². The van der Waals surface area contributed by atoms with E-state index in [0.717, 1.165) is 24.8 Å².